The molecule has 2 aromatic rings. The fourth-order valence-corrected chi connectivity index (χ4v) is 2.41. The monoisotopic (exact) mass is 330 g/mol. The Morgan fingerprint density at radius 2 is 2.22 bits per heavy atom. The van der Waals surface area contributed by atoms with Gasteiger partial charge in [-0.2, -0.15) is 5.26 Å². The molecule has 120 valence electrons. The highest BCUT2D eigenvalue weighted by atomic mass is 35.5. The van der Waals surface area contributed by atoms with Crippen LogP contribution in [0.5, 0.6) is 0 Å². The molecule has 0 bridgehead atoms. The number of aromatic nitrogens is 1. The molecule has 0 saturated heterocycles. The Morgan fingerprint density at radius 3 is 2.91 bits per heavy atom. The Kier molecular flexibility index (Phi) is 6.21. The molecule has 1 heterocycles. The second-order valence-corrected chi connectivity index (χ2v) is 5.64. The van der Waals surface area contributed by atoms with E-state index in [1.807, 2.05) is 37.3 Å². The minimum atomic E-state index is -0.375. The maximum absolute atomic E-state index is 11.8. The number of hydrogen-bond acceptors (Lipinski definition) is 3. The summed E-state index contributed by atoms with van der Waals surface area (Å²) in [6.45, 7) is 2.92. The molecule has 2 rings (SSSR count). The van der Waals surface area contributed by atoms with Gasteiger partial charge in [0, 0.05) is 30.0 Å². The Labute approximate surface area is 140 Å². The number of rotatable bonds is 7. The van der Waals surface area contributed by atoms with Crippen molar-refractivity contribution in [2.75, 3.05) is 13.1 Å². The van der Waals surface area contributed by atoms with Crippen LogP contribution in [0, 0.1) is 18.3 Å². The first-order chi connectivity index (χ1) is 11.1. The van der Waals surface area contributed by atoms with Crippen molar-refractivity contribution in [1.29, 1.82) is 5.26 Å². The van der Waals surface area contributed by atoms with E-state index in [2.05, 4.69) is 21.7 Å². The maximum atomic E-state index is 11.8. The number of aryl methyl sites for hydroxylation is 1. The number of hydrogen-bond donors (Lipinski definition) is 3. The van der Waals surface area contributed by atoms with Crippen LogP contribution in [-0.2, 0) is 11.3 Å². The van der Waals surface area contributed by atoms with Crippen molar-refractivity contribution in [2.45, 2.75) is 19.4 Å². The predicted octanol–water partition coefficient (Wildman–Crippen LogP) is 2.49. The minimum absolute atomic E-state index is 0.152. The normalized spacial score (nSPS) is 11.7. The Balaban J connectivity index is 1.75. The molecular weight excluding hydrogens is 312 g/mol. The summed E-state index contributed by atoms with van der Waals surface area (Å²) in [6, 6.07) is 11.6. The van der Waals surface area contributed by atoms with Crippen molar-refractivity contribution >= 4 is 17.5 Å². The van der Waals surface area contributed by atoms with Crippen LogP contribution in [0.15, 0.2) is 36.5 Å². The van der Waals surface area contributed by atoms with Crippen molar-refractivity contribution in [2.24, 2.45) is 0 Å². The van der Waals surface area contributed by atoms with Gasteiger partial charge in [-0.15, -0.1) is 0 Å². The van der Waals surface area contributed by atoms with Crippen LogP contribution < -0.4 is 10.6 Å². The van der Waals surface area contributed by atoms with E-state index in [9.17, 15) is 4.79 Å². The molecule has 0 aliphatic carbocycles. The molecule has 5 nitrogen and oxygen atoms in total. The van der Waals surface area contributed by atoms with Crippen molar-refractivity contribution in [1.82, 2.24) is 15.6 Å². The van der Waals surface area contributed by atoms with E-state index in [0.717, 1.165) is 21.8 Å². The fraction of sp³-hybridized carbons (Fsp3) is 0.294. The number of nitriles is 1. The van der Waals surface area contributed by atoms with Crippen LogP contribution in [-0.4, -0.2) is 24.0 Å². The fourth-order valence-electron chi connectivity index (χ4n) is 2.22. The van der Waals surface area contributed by atoms with E-state index in [1.54, 1.807) is 6.20 Å². The third-order valence-electron chi connectivity index (χ3n) is 3.53. The van der Waals surface area contributed by atoms with Gasteiger partial charge in [-0.1, -0.05) is 29.8 Å². The maximum Gasteiger partial charge on any atom is 0.234 e. The summed E-state index contributed by atoms with van der Waals surface area (Å²) in [5.74, 6) is -0.527. The third-order valence-corrected chi connectivity index (χ3v) is 4.07. The number of carbonyl (C=O) groups excluding carboxylic acids is 1. The van der Waals surface area contributed by atoms with Gasteiger partial charge in [-0.25, -0.2) is 0 Å². The van der Waals surface area contributed by atoms with Gasteiger partial charge < -0.3 is 15.6 Å². The Hall–Kier alpha value is -2.29. The quantitative estimate of drug-likeness (QED) is 0.729. The van der Waals surface area contributed by atoms with Gasteiger partial charge >= 0.3 is 0 Å². The summed E-state index contributed by atoms with van der Waals surface area (Å²) < 4.78 is 0. The zero-order valence-electron chi connectivity index (χ0n) is 12.9. The molecule has 1 aromatic carbocycles. The van der Waals surface area contributed by atoms with Crippen molar-refractivity contribution < 1.29 is 4.79 Å². The van der Waals surface area contributed by atoms with Crippen LogP contribution in [0.4, 0.5) is 0 Å². The number of aromatic amines is 1. The van der Waals surface area contributed by atoms with Gasteiger partial charge in [-0.05, 0) is 30.2 Å². The minimum Gasteiger partial charge on any atom is -0.364 e. The highest BCUT2D eigenvalue weighted by Gasteiger charge is 2.12. The molecule has 1 atom stereocenters. The summed E-state index contributed by atoms with van der Waals surface area (Å²) in [5.41, 5.74) is 2.77. The SMILES string of the molecule is Cc1cccc(CNCC(=O)NC[C@H](C#N)c2ccc[nH]2)c1Cl. The number of nitrogens with zero attached hydrogens (tertiary/aromatic N) is 1. The summed E-state index contributed by atoms with van der Waals surface area (Å²) in [5, 5.41) is 15.7. The highest BCUT2D eigenvalue weighted by Crippen LogP contribution is 2.19. The molecule has 0 saturated carbocycles. The first-order valence-corrected chi connectivity index (χ1v) is 7.74. The standard InChI is InChI=1S/C17H19ClN4O/c1-12-4-2-5-13(17(12)18)9-20-11-16(23)22-10-14(8-19)15-6-3-7-21-15/h2-7,14,20-21H,9-11H2,1H3,(H,22,23)/t14-/m0/s1. The van der Waals surface area contributed by atoms with Crippen molar-refractivity contribution in [3.63, 3.8) is 0 Å². The van der Waals surface area contributed by atoms with Crippen molar-refractivity contribution in [3.8, 4) is 6.07 Å². The zero-order chi connectivity index (χ0) is 16.7. The van der Waals surface area contributed by atoms with E-state index >= 15 is 0 Å². The Morgan fingerprint density at radius 1 is 1.39 bits per heavy atom. The van der Waals surface area contributed by atoms with Crippen LogP contribution in [0.3, 0.4) is 0 Å². The summed E-state index contributed by atoms with van der Waals surface area (Å²) in [7, 11) is 0. The van der Waals surface area contributed by atoms with Gasteiger partial charge in [0.25, 0.3) is 0 Å². The summed E-state index contributed by atoms with van der Waals surface area (Å²) >= 11 is 6.21. The van der Waals surface area contributed by atoms with E-state index < -0.39 is 0 Å². The third kappa shape index (κ3) is 4.85. The lowest BCUT2D eigenvalue weighted by molar-refractivity contribution is -0.120. The molecule has 0 radical (unpaired) electrons. The molecule has 1 amide bonds. The molecule has 0 unspecified atom stereocenters. The number of nitrogens with one attached hydrogen (secondary N) is 3. The number of H-pyrrole nitrogens is 1. The lowest BCUT2D eigenvalue weighted by Crippen LogP contribution is -2.35. The molecule has 0 fully saturated rings. The molecule has 1 aromatic heterocycles. The largest absolute Gasteiger partial charge is 0.364 e. The topological polar surface area (TPSA) is 80.7 Å². The molecule has 0 aliphatic heterocycles. The van der Waals surface area contributed by atoms with Gasteiger partial charge in [0.2, 0.25) is 5.91 Å². The number of halogens is 1. The molecule has 3 N–H and O–H groups in total. The predicted molar refractivity (Wildman–Crippen MR) is 90.1 cm³/mol. The van der Waals surface area contributed by atoms with Gasteiger partial charge in [0.05, 0.1) is 12.6 Å². The van der Waals surface area contributed by atoms with Crippen LogP contribution in [0.2, 0.25) is 5.02 Å². The number of carbonyl (C=O) groups is 1. The zero-order valence-corrected chi connectivity index (χ0v) is 13.7. The van der Waals surface area contributed by atoms with E-state index in [1.165, 1.54) is 0 Å². The summed E-state index contributed by atoms with van der Waals surface area (Å²) in [4.78, 5) is 14.8. The Bertz CT molecular complexity index is 691. The lowest BCUT2D eigenvalue weighted by Gasteiger charge is -2.11. The molecule has 6 heteroatoms. The number of amides is 1. The van der Waals surface area contributed by atoms with E-state index in [-0.39, 0.29) is 24.9 Å². The van der Waals surface area contributed by atoms with Crippen LogP contribution in [0.25, 0.3) is 0 Å². The number of benzene rings is 1. The first kappa shape index (κ1) is 17.1. The van der Waals surface area contributed by atoms with Crippen LogP contribution in [0.1, 0.15) is 22.7 Å². The van der Waals surface area contributed by atoms with E-state index in [4.69, 9.17) is 16.9 Å². The van der Waals surface area contributed by atoms with Gasteiger partial charge in [0.1, 0.15) is 5.92 Å². The van der Waals surface area contributed by atoms with Crippen LogP contribution >= 0.6 is 11.6 Å². The van der Waals surface area contributed by atoms with E-state index in [0.29, 0.717) is 6.54 Å². The average molecular weight is 331 g/mol. The molecule has 23 heavy (non-hydrogen) atoms. The second kappa shape index (κ2) is 8.37. The molecular formula is C17H19ClN4O. The van der Waals surface area contributed by atoms with Gasteiger partial charge in [0.15, 0.2) is 0 Å². The average Bonchev–Trinajstić information content (AvgIpc) is 3.06. The smallest absolute Gasteiger partial charge is 0.234 e. The lowest BCUT2D eigenvalue weighted by atomic mass is 10.1. The second-order valence-electron chi connectivity index (χ2n) is 5.26. The highest BCUT2D eigenvalue weighted by molar-refractivity contribution is 6.32. The summed E-state index contributed by atoms with van der Waals surface area (Å²) in [6.07, 6.45) is 1.76. The van der Waals surface area contributed by atoms with Gasteiger partial charge in [-0.3, -0.25) is 4.79 Å². The molecule has 0 aliphatic rings. The first-order valence-electron chi connectivity index (χ1n) is 7.36. The molecule has 0 spiro atoms. The van der Waals surface area contributed by atoms with Crippen molar-refractivity contribution in [3.05, 3.63) is 58.4 Å².